The molecule has 0 aromatic carbocycles. The Balaban J connectivity index is 2.69. The average Bonchev–Trinajstić information content (AvgIpc) is 2.50. The second-order valence-electron chi connectivity index (χ2n) is 3.07. The van der Waals surface area contributed by atoms with Gasteiger partial charge < -0.3 is 0 Å². The molecule has 0 aliphatic heterocycles. The summed E-state index contributed by atoms with van der Waals surface area (Å²) in [5, 5.41) is 10.5. The van der Waals surface area contributed by atoms with Crippen molar-refractivity contribution in [3.8, 4) is 0 Å². The third-order valence-electron chi connectivity index (χ3n) is 1.71. The number of alkyl halides is 3. The first-order valence-electron chi connectivity index (χ1n) is 4.42. The van der Waals surface area contributed by atoms with Crippen molar-refractivity contribution < 1.29 is 13.2 Å². The first-order valence-corrected chi connectivity index (χ1v) is 5.30. The number of aromatic nitrogens is 4. The summed E-state index contributed by atoms with van der Waals surface area (Å²) in [6.45, 7) is 2.73. The third-order valence-corrected chi connectivity index (χ3v) is 2.95. The normalized spacial score (nSPS) is 14.2. The summed E-state index contributed by atoms with van der Waals surface area (Å²) >= 11 is 1.24. The van der Waals surface area contributed by atoms with Crippen molar-refractivity contribution in [2.75, 3.05) is 0 Å². The lowest BCUT2D eigenvalue weighted by molar-refractivity contribution is -0.144. The molecular weight excluding hydrogens is 229 g/mol. The molecule has 1 heterocycles. The lowest BCUT2D eigenvalue weighted by Crippen LogP contribution is -2.19. The van der Waals surface area contributed by atoms with Gasteiger partial charge in [-0.3, -0.25) is 0 Å². The van der Waals surface area contributed by atoms with E-state index < -0.39 is 12.7 Å². The highest BCUT2D eigenvalue weighted by Crippen LogP contribution is 2.24. The molecule has 0 aliphatic rings. The Labute approximate surface area is 89.2 Å². The fraction of sp³-hybridized carbons (Fsp3) is 0.857. The van der Waals surface area contributed by atoms with Crippen LogP contribution in [-0.2, 0) is 6.54 Å². The fourth-order valence-electron chi connectivity index (χ4n) is 0.813. The van der Waals surface area contributed by atoms with Crippen molar-refractivity contribution in [2.24, 2.45) is 0 Å². The Bertz CT molecular complexity index is 311. The van der Waals surface area contributed by atoms with Gasteiger partial charge in [0.2, 0.25) is 5.16 Å². The summed E-state index contributed by atoms with van der Waals surface area (Å²) in [5.74, 6) is 0. The van der Waals surface area contributed by atoms with Crippen molar-refractivity contribution in [1.29, 1.82) is 0 Å². The second kappa shape index (κ2) is 4.82. The van der Waals surface area contributed by atoms with Crippen LogP contribution in [0.3, 0.4) is 0 Å². The monoisotopic (exact) mass is 240 g/mol. The first-order chi connectivity index (χ1) is 6.92. The summed E-state index contributed by atoms with van der Waals surface area (Å²) in [7, 11) is 0. The van der Waals surface area contributed by atoms with Crippen LogP contribution in [0, 0.1) is 0 Å². The van der Waals surface area contributed by atoms with Gasteiger partial charge in [-0.15, -0.1) is 5.10 Å². The smallest absolute Gasteiger partial charge is 0.211 e. The Kier molecular flexibility index (Phi) is 3.95. The molecule has 1 rings (SSSR count). The van der Waals surface area contributed by atoms with Crippen molar-refractivity contribution in [3.63, 3.8) is 0 Å². The molecule has 15 heavy (non-hydrogen) atoms. The highest BCUT2D eigenvalue weighted by molar-refractivity contribution is 7.99. The predicted octanol–water partition coefficient (Wildman–Crippen LogP) is 2.13. The van der Waals surface area contributed by atoms with Crippen LogP contribution in [0.4, 0.5) is 13.2 Å². The number of thioether (sulfide) groups is 1. The molecule has 0 N–H and O–H groups in total. The van der Waals surface area contributed by atoms with E-state index in [0.717, 1.165) is 11.1 Å². The summed E-state index contributed by atoms with van der Waals surface area (Å²) in [6, 6.07) is 0. The maximum absolute atomic E-state index is 12.1. The van der Waals surface area contributed by atoms with Crippen LogP contribution in [0.1, 0.15) is 20.3 Å². The third kappa shape index (κ3) is 4.06. The van der Waals surface area contributed by atoms with Crippen LogP contribution in [-0.4, -0.2) is 31.6 Å². The zero-order valence-corrected chi connectivity index (χ0v) is 9.14. The molecule has 0 saturated heterocycles. The van der Waals surface area contributed by atoms with Gasteiger partial charge in [0.25, 0.3) is 0 Å². The van der Waals surface area contributed by atoms with Gasteiger partial charge in [0.15, 0.2) is 0 Å². The molecule has 8 heteroatoms. The van der Waals surface area contributed by atoms with Crippen LogP contribution in [0.5, 0.6) is 0 Å². The molecule has 4 nitrogen and oxygen atoms in total. The van der Waals surface area contributed by atoms with E-state index in [1.54, 1.807) is 0 Å². The van der Waals surface area contributed by atoms with E-state index in [9.17, 15) is 13.2 Å². The molecular formula is C7H11F3N4S. The Morgan fingerprint density at radius 1 is 1.47 bits per heavy atom. The van der Waals surface area contributed by atoms with Gasteiger partial charge in [0, 0.05) is 5.25 Å². The topological polar surface area (TPSA) is 43.6 Å². The van der Waals surface area contributed by atoms with E-state index >= 15 is 0 Å². The van der Waals surface area contributed by atoms with Gasteiger partial charge in [-0.05, 0) is 16.8 Å². The number of rotatable bonds is 4. The van der Waals surface area contributed by atoms with Gasteiger partial charge in [-0.25, -0.2) is 4.68 Å². The number of nitrogens with zero attached hydrogens (tertiary/aromatic N) is 4. The molecule has 0 amide bonds. The Morgan fingerprint density at radius 3 is 2.67 bits per heavy atom. The van der Waals surface area contributed by atoms with Crippen LogP contribution < -0.4 is 0 Å². The minimum absolute atomic E-state index is 0.197. The fourth-order valence-corrected chi connectivity index (χ4v) is 1.65. The van der Waals surface area contributed by atoms with E-state index in [1.165, 1.54) is 11.8 Å². The molecule has 0 saturated carbocycles. The van der Waals surface area contributed by atoms with Gasteiger partial charge in [0.1, 0.15) is 6.54 Å². The van der Waals surface area contributed by atoms with Crippen molar-refractivity contribution in [3.05, 3.63) is 0 Å². The van der Waals surface area contributed by atoms with Crippen LogP contribution in [0.25, 0.3) is 0 Å². The minimum atomic E-state index is -4.29. The Morgan fingerprint density at radius 2 is 2.13 bits per heavy atom. The van der Waals surface area contributed by atoms with Crippen molar-refractivity contribution in [2.45, 2.75) is 43.4 Å². The molecule has 0 unspecified atom stereocenters. The molecule has 0 spiro atoms. The number of halogens is 3. The quantitative estimate of drug-likeness (QED) is 0.756. The summed E-state index contributed by atoms with van der Waals surface area (Å²) < 4.78 is 37.1. The van der Waals surface area contributed by atoms with E-state index in [4.69, 9.17) is 0 Å². The zero-order valence-electron chi connectivity index (χ0n) is 8.32. The Hall–Kier alpha value is -0.790. The summed E-state index contributed by atoms with van der Waals surface area (Å²) in [4.78, 5) is 0. The minimum Gasteiger partial charge on any atom is -0.211 e. The van der Waals surface area contributed by atoms with Crippen LogP contribution >= 0.6 is 11.8 Å². The average molecular weight is 240 g/mol. The molecule has 0 fully saturated rings. The molecule has 1 aromatic heterocycles. The highest BCUT2D eigenvalue weighted by atomic mass is 32.2. The lowest BCUT2D eigenvalue weighted by Gasteiger charge is -2.09. The lowest BCUT2D eigenvalue weighted by atomic mass is 10.4. The van der Waals surface area contributed by atoms with Crippen molar-refractivity contribution in [1.82, 2.24) is 20.2 Å². The number of hydrogen-bond donors (Lipinski definition) is 0. The molecule has 1 atom stereocenters. The SMILES string of the molecule is CC[C@H](C)Sc1nnnn1CC(F)(F)F. The number of hydrogen-bond acceptors (Lipinski definition) is 4. The van der Waals surface area contributed by atoms with Gasteiger partial charge >= 0.3 is 6.18 Å². The second-order valence-corrected chi connectivity index (χ2v) is 4.48. The van der Waals surface area contributed by atoms with Crippen LogP contribution in [0.2, 0.25) is 0 Å². The zero-order chi connectivity index (χ0) is 11.5. The van der Waals surface area contributed by atoms with Crippen molar-refractivity contribution >= 4 is 11.8 Å². The molecule has 0 bridgehead atoms. The van der Waals surface area contributed by atoms with Gasteiger partial charge in [0.05, 0.1) is 0 Å². The van der Waals surface area contributed by atoms with Crippen LogP contribution in [0.15, 0.2) is 5.16 Å². The maximum atomic E-state index is 12.1. The summed E-state index contributed by atoms with van der Waals surface area (Å²) in [6.07, 6.45) is -3.44. The molecule has 0 aliphatic carbocycles. The van der Waals surface area contributed by atoms with E-state index in [-0.39, 0.29) is 10.4 Å². The summed E-state index contributed by atoms with van der Waals surface area (Å²) in [5.41, 5.74) is 0. The molecule has 1 aromatic rings. The van der Waals surface area contributed by atoms with Gasteiger partial charge in [-0.2, -0.15) is 13.2 Å². The maximum Gasteiger partial charge on any atom is 0.408 e. The van der Waals surface area contributed by atoms with E-state index in [2.05, 4.69) is 15.5 Å². The first kappa shape index (κ1) is 12.3. The van der Waals surface area contributed by atoms with E-state index in [0.29, 0.717) is 0 Å². The predicted molar refractivity (Wildman–Crippen MR) is 49.5 cm³/mol. The number of tetrazole rings is 1. The largest absolute Gasteiger partial charge is 0.408 e. The molecule has 86 valence electrons. The molecule has 0 radical (unpaired) electrons. The van der Waals surface area contributed by atoms with Gasteiger partial charge in [-0.1, -0.05) is 25.6 Å². The standard InChI is InChI=1S/C7H11F3N4S/c1-3-5(2)15-6-11-12-13-14(6)4-7(8,9)10/h5H,3-4H2,1-2H3/t5-/m0/s1. The highest BCUT2D eigenvalue weighted by Gasteiger charge is 2.30. The van der Waals surface area contributed by atoms with E-state index in [1.807, 2.05) is 13.8 Å².